The number of ketones is 1. The average molecular weight is 333 g/mol. The second-order valence-electron chi connectivity index (χ2n) is 4.89. The van der Waals surface area contributed by atoms with Gasteiger partial charge in [0.2, 0.25) is 0 Å². The van der Waals surface area contributed by atoms with E-state index in [2.05, 4.69) is 4.95 Å². The van der Waals surface area contributed by atoms with E-state index in [-0.39, 0.29) is 25.0 Å². The van der Waals surface area contributed by atoms with E-state index in [9.17, 15) is 14.3 Å². The third kappa shape index (κ3) is 5.13. The minimum atomic E-state index is -3.90. The van der Waals surface area contributed by atoms with E-state index < -0.39 is 7.52 Å². The van der Waals surface area contributed by atoms with Crippen molar-refractivity contribution in [3.8, 4) is 5.75 Å². The topological polar surface area (TPSA) is 93.0 Å². The second-order valence-corrected chi connectivity index (χ2v) is 6.83. The molecule has 1 unspecified atom stereocenters. The minimum Gasteiger partial charge on any atom is -0.494 e. The molecule has 0 fully saturated rings. The zero-order valence-electron chi connectivity index (χ0n) is 12.3. The Morgan fingerprint density at radius 2 is 1.65 bits per heavy atom. The van der Waals surface area contributed by atoms with Crippen molar-refractivity contribution in [3.63, 3.8) is 0 Å². The molecule has 0 amide bonds. The first-order valence-electron chi connectivity index (χ1n) is 7.01. The fourth-order valence-corrected chi connectivity index (χ4v) is 2.58. The molecule has 0 aliphatic carbocycles. The molecule has 0 aliphatic heterocycles. The Morgan fingerprint density at radius 1 is 1.04 bits per heavy atom. The lowest BCUT2D eigenvalue weighted by molar-refractivity contribution is 0.103. The van der Waals surface area contributed by atoms with E-state index in [1.807, 2.05) is 6.07 Å². The Labute approximate surface area is 133 Å². The van der Waals surface area contributed by atoms with Crippen LogP contribution in [0.4, 0.5) is 0 Å². The van der Waals surface area contributed by atoms with Gasteiger partial charge in [-0.3, -0.25) is 9.36 Å². The summed E-state index contributed by atoms with van der Waals surface area (Å²) in [4.78, 5) is 33.5. The number of carbonyl (C=O) groups is 1. The highest BCUT2D eigenvalue weighted by molar-refractivity contribution is 7.56. The summed E-state index contributed by atoms with van der Waals surface area (Å²) in [6, 6.07) is 15.6. The number of ether oxygens (including phenoxy) is 1. The van der Waals surface area contributed by atoms with Gasteiger partial charge in [-0.15, -0.1) is 4.91 Å². The molecular formula is C16H16NO5P. The maximum Gasteiger partial charge on any atom is 0.350 e. The van der Waals surface area contributed by atoms with Gasteiger partial charge in [0, 0.05) is 16.1 Å². The van der Waals surface area contributed by atoms with E-state index in [4.69, 9.17) is 9.63 Å². The molecule has 0 aliphatic rings. The van der Waals surface area contributed by atoms with Gasteiger partial charge in [-0.2, -0.15) is 0 Å². The first kappa shape index (κ1) is 17.1. The van der Waals surface area contributed by atoms with Gasteiger partial charge < -0.3 is 9.63 Å². The number of benzene rings is 2. The molecule has 0 spiro atoms. The zero-order chi connectivity index (χ0) is 16.7. The summed E-state index contributed by atoms with van der Waals surface area (Å²) in [6.07, 6.45) is 0.0330. The standard InChI is InChI=1S/C16H16NO5P/c18-16(13-5-2-1-3-6-13)14-7-9-15(10-8-14)22-11-4-12-23(20,21)17-19/h1-3,5-10H,4,11-12H2,(H,20,21). The third-order valence-corrected chi connectivity index (χ3v) is 4.30. The molecule has 23 heavy (non-hydrogen) atoms. The van der Waals surface area contributed by atoms with E-state index in [1.165, 1.54) is 0 Å². The van der Waals surface area contributed by atoms with Crippen LogP contribution in [0.1, 0.15) is 22.3 Å². The molecule has 1 N–H and O–H groups in total. The molecule has 1 atom stereocenters. The first-order valence-corrected chi connectivity index (χ1v) is 8.81. The van der Waals surface area contributed by atoms with Gasteiger partial charge in [-0.1, -0.05) is 30.3 Å². The molecule has 120 valence electrons. The summed E-state index contributed by atoms with van der Waals surface area (Å²) >= 11 is 0. The lowest BCUT2D eigenvalue weighted by atomic mass is 10.0. The predicted octanol–water partition coefficient (Wildman–Crippen LogP) is 3.64. The van der Waals surface area contributed by atoms with Crippen LogP contribution in [0.15, 0.2) is 59.5 Å². The molecule has 0 saturated carbocycles. The van der Waals surface area contributed by atoms with Gasteiger partial charge >= 0.3 is 7.52 Å². The van der Waals surface area contributed by atoms with Crippen LogP contribution in [-0.4, -0.2) is 23.4 Å². The van der Waals surface area contributed by atoms with Gasteiger partial charge in [0.25, 0.3) is 0 Å². The van der Waals surface area contributed by atoms with Crippen molar-refractivity contribution in [2.75, 3.05) is 12.8 Å². The van der Waals surface area contributed by atoms with Gasteiger partial charge in [-0.25, -0.2) is 0 Å². The Kier molecular flexibility index (Phi) is 5.79. The summed E-state index contributed by atoms with van der Waals surface area (Å²) in [5.41, 5.74) is 1.16. The lowest BCUT2D eigenvalue weighted by Crippen LogP contribution is -2.02. The Bertz CT molecular complexity index is 715. The van der Waals surface area contributed by atoms with Crippen LogP contribution in [0.2, 0.25) is 0 Å². The average Bonchev–Trinajstić information content (AvgIpc) is 2.59. The smallest absolute Gasteiger partial charge is 0.350 e. The number of nitrogens with zero attached hydrogens (tertiary/aromatic N) is 1. The largest absolute Gasteiger partial charge is 0.494 e. The highest BCUT2D eigenvalue weighted by atomic mass is 31.2. The maximum absolute atomic E-state index is 12.2. The van der Waals surface area contributed by atoms with Crippen LogP contribution in [0.25, 0.3) is 0 Å². The number of hydrogen-bond acceptors (Lipinski definition) is 4. The molecule has 0 saturated heterocycles. The van der Waals surface area contributed by atoms with E-state index in [1.54, 1.807) is 48.5 Å². The van der Waals surface area contributed by atoms with Gasteiger partial charge in [0.1, 0.15) is 5.75 Å². The SMILES string of the molecule is O=NP(=O)(O)CCCOc1ccc(C(=O)c2ccccc2)cc1. The van der Waals surface area contributed by atoms with Gasteiger partial charge in [0.05, 0.1) is 12.8 Å². The van der Waals surface area contributed by atoms with Crippen molar-refractivity contribution in [2.45, 2.75) is 6.42 Å². The first-order chi connectivity index (χ1) is 11.0. The number of hydrogen-bond donors (Lipinski definition) is 1. The summed E-state index contributed by atoms with van der Waals surface area (Å²) in [5.74, 6) is 0.469. The van der Waals surface area contributed by atoms with Crippen LogP contribution in [-0.2, 0) is 4.57 Å². The van der Waals surface area contributed by atoms with Crippen molar-refractivity contribution in [1.29, 1.82) is 0 Å². The minimum absolute atomic E-state index is 0.0737. The highest BCUT2D eigenvalue weighted by Gasteiger charge is 2.17. The number of carbonyl (C=O) groups excluding carboxylic acids is 1. The van der Waals surface area contributed by atoms with Crippen LogP contribution in [0.3, 0.4) is 0 Å². The van der Waals surface area contributed by atoms with Crippen molar-refractivity contribution in [1.82, 2.24) is 0 Å². The van der Waals surface area contributed by atoms with Gasteiger partial charge in [0.15, 0.2) is 5.78 Å². The molecule has 0 radical (unpaired) electrons. The monoisotopic (exact) mass is 333 g/mol. The quantitative estimate of drug-likeness (QED) is 0.344. The molecule has 2 rings (SSSR count). The Balaban J connectivity index is 1.89. The number of rotatable bonds is 8. The number of nitroso groups, excluding NO2 is 1. The molecular weight excluding hydrogens is 317 g/mol. The third-order valence-electron chi connectivity index (χ3n) is 3.14. The zero-order valence-corrected chi connectivity index (χ0v) is 13.2. The maximum atomic E-state index is 12.2. The van der Waals surface area contributed by atoms with Crippen LogP contribution in [0, 0.1) is 4.91 Å². The van der Waals surface area contributed by atoms with E-state index in [0.29, 0.717) is 16.9 Å². The normalized spacial score (nSPS) is 13.1. The summed E-state index contributed by atoms with van der Waals surface area (Å²) in [7, 11) is -3.90. The molecule has 0 heterocycles. The Hall–Kier alpha value is -2.30. The van der Waals surface area contributed by atoms with E-state index in [0.717, 1.165) is 0 Å². The molecule has 2 aromatic rings. The summed E-state index contributed by atoms with van der Waals surface area (Å²) in [6.45, 7) is 0.187. The van der Waals surface area contributed by atoms with Crippen LogP contribution >= 0.6 is 7.52 Å². The molecule has 0 bridgehead atoms. The van der Waals surface area contributed by atoms with Crippen LogP contribution < -0.4 is 4.74 Å². The fraction of sp³-hybridized carbons (Fsp3) is 0.188. The Morgan fingerprint density at radius 3 is 2.26 bits per heavy atom. The predicted molar refractivity (Wildman–Crippen MR) is 86.9 cm³/mol. The van der Waals surface area contributed by atoms with Crippen molar-refractivity contribution in [2.24, 2.45) is 4.95 Å². The van der Waals surface area contributed by atoms with Crippen LogP contribution in [0.5, 0.6) is 5.75 Å². The van der Waals surface area contributed by atoms with Crippen molar-refractivity contribution in [3.05, 3.63) is 70.6 Å². The molecule has 7 heteroatoms. The highest BCUT2D eigenvalue weighted by Crippen LogP contribution is 2.41. The molecule has 0 aromatic heterocycles. The summed E-state index contributed by atoms with van der Waals surface area (Å²) < 4.78 is 16.4. The van der Waals surface area contributed by atoms with E-state index >= 15 is 0 Å². The summed E-state index contributed by atoms with van der Waals surface area (Å²) in [5, 5.41) is 0. The second kappa shape index (κ2) is 7.81. The molecule has 2 aromatic carbocycles. The van der Waals surface area contributed by atoms with Gasteiger partial charge in [-0.05, 0) is 30.7 Å². The fourth-order valence-electron chi connectivity index (χ4n) is 1.96. The lowest BCUT2D eigenvalue weighted by Gasteiger charge is -2.07. The van der Waals surface area contributed by atoms with Crippen molar-refractivity contribution >= 4 is 13.3 Å². The molecule has 6 nitrogen and oxygen atoms in total. The van der Waals surface area contributed by atoms with Crippen molar-refractivity contribution < 1.29 is 19.0 Å².